The first-order valence-corrected chi connectivity index (χ1v) is 5.09. The Morgan fingerprint density at radius 3 is 2.57 bits per heavy atom. The Morgan fingerprint density at radius 2 is 2.07 bits per heavy atom. The van der Waals surface area contributed by atoms with Gasteiger partial charge in [0.05, 0.1) is 6.10 Å². The summed E-state index contributed by atoms with van der Waals surface area (Å²) in [6.45, 7) is 0. The van der Waals surface area contributed by atoms with Crippen molar-refractivity contribution in [2.24, 2.45) is 0 Å². The molecule has 0 aliphatic carbocycles. The van der Waals surface area contributed by atoms with Gasteiger partial charge >= 0.3 is 0 Å². The maximum Gasteiger partial charge on any atom is 0.108 e. The molecule has 0 saturated carbocycles. The number of benzene rings is 1. The highest BCUT2D eigenvalue weighted by molar-refractivity contribution is 7.80. The molecule has 5 heteroatoms. The van der Waals surface area contributed by atoms with Crippen molar-refractivity contribution in [3.8, 4) is 0 Å². The molecule has 3 nitrogen and oxygen atoms in total. The van der Waals surface area contributed by atoms with Crippen LogP contribution in [-0.2, 0) is 0 Å². The maximum absolute atomic E-state index is 9.64. The average molecular weight is 234 g/mol. The van der Waals surface area contributed by atoms with Crippen LogP contribution < -0.4 is 5.73 Å². The SMILES string of the molecule is Nc1cc(Cl)ccc1C(O)C(O)CS. The first-order chi connectivity index (χ1) is 6.56. The van der Waals surface area contributed by atoms with Crippen LogP contribution in [0, 0.1) is 0 Å². The first-order valence-electron chi connectivity index (χ1n) is 4.08. The Balaban J connectivity index is 2.95. The first kappa shape index (κ1) is 11.7. The van der Waals surface area contributed by atoms with Gasteiger partial charge in [-0.3, -0.25) is 0 Å². The Bertz CT molecular complexity index is 322. The monoisotopic (exact) mass is 233 g/mol. The van der Waals surface area contributed by atoms with Crippen LogP contribution in [0.5, 0.6) is 0 Å². The van der Waals surface area contributed by atoms with Gasteiger partial charge < -0.3 is 15.9 Å². The summed E-state index contributed by atoms with van der Waals surface area (Å²) in [5, 5.41) is 19.5. The predicted octanol–water partition coefficient (Wildman–Crippen LogP) is 1.25. The van der Waals surface area contributed by atoms with Gasteiger partial charge in [-0.05, 0) is 12.1 Å². The van der Waals surface area contributed by atoms with Crippen molar-refractivity contribution in [2.45, 2.75) is 12.2 Å². The minimum Gasteiger partial charge on any atom is -0.398 e. The molecule has 0 spiro atoms. The second kappa shape index (κ2) is 4.89. The van der Waals surface area contributed by atoms with Gasteiger partial charge in [0, 0.05) is 22.0 Å². The third-order valence-corrected chi connectivity index (χ3v) is 2.53. The number of aliphatic hydroxyl groups excluding tert-OH is 2. The molecule has 0 amide bonds. The van der Waals surface area contributed by atoms with Gasteiger partial charge in [0.15, 0.2) is 0 Å². The minimum absolute atomic E-state index is 0.170. The third-order valence-electron chi connectivity index (χ3n) is 1.92. The molecule has 4 N–H and O–H groups in total. The van der Waals surface area contributed by atoms with Gasteiger partial charge in [-0.15, -0.1) is 0 Å². The number of hydrogen-bond acceptors (Lipinski definition) is 4. The lowest BCUT2D eigenvalue weighted by atomic mass is 10.0. The van der Waals surface area contributed by atoms with E-state index in [9.17, 15) is 10.2 Å². The minimum atomic E-state index is -1.02. The summed E-state index contributed by atoms with van der Waals surface area (Å²) in [7, 11) is 0. The number of nitrogens with two attached hydrogens (primary N) is 1. The smallest absolute Gasteiger partial charge is 0.108 e. The maximum atomic E-state index is 9.64. The van der Waals surface area contributed by atoms with E-state index in [1.54, 1.807) is 12.1 Å². The second-order valence-electron chi connectivity index (χ2n) is 2.97. The van der Waals surface area contributed by atoms with Gasteiger partial charge in [-0.1, -0.05) is 17.7 Å². The molecule has 0 radical (unpaired) electrons. The lowest BCUT2D eigenvalue weighted by Crippen LogP contribution is -2.20. The molecule has 0 heterocycles. The Labute approximate surface area is 92.9 Å². The van der Waals surface area contributed by atoms with Gasteiger partial charge in [-0.25, -0.2) is 0 Å². The van der Waals surface area contributed by atoms with E-state index >= 15 is 0 Å². The van der Waals surface area contributed by atoms with E-state index in [1.165, 1.54) is 6.07 Å². The highest BCUT2D eigenvalue weighted by Gasteiger charge is 2.18. The lowest BCUT2D eigenvalue weighted by molar-refractivity contribution is 0.0342. The lowest BCUT2D eigenvalue weighted by Gasteiger charge is -2.17. The number of rotatable bonds is 3. The second-order valence-corrected chi connectivity index (χ2v) is 3.77. The predicted molar refractivity (Wildman–Crippen MR) is 60.7 cm³/mol. The van der Waals surface area contributed by atoms with Crippen molar-refractivity contribution < 1.29 is 10.2 Å². The topological polar surface area (TPSA) is 66.5 Å². The highest BCUT2D eigenvalue weighted by Crippen LogP contribution is 2.26. The van der Waals surface area contributed by atoms with Crippen LogP contribution in [0.4, 0.5) is 5.69 Å². The summed E-state index contributed by atoms with van der Waals surface area (Å²) in [5.74, 6) is 0.170. The summed E-state index contributed by atoms with van der Waals surface area (Å²) < 4.78 is 0. The fourth-order valence-corrected chi connectivity index (χ4v) is 1.50. The number of halogens is 1. The summed E-state index contributed by atoms with van der Waals surface area (Å²) in [4.78, 5) is 0. The van der Waals surface area contributed by atoms with Gasteiger partial charge in [0.2, 0.25) is 0 Å². The molecule has 0 aromatic heterocycles. The molecule has 0 aliphatic heterocycles. The normalized spacial score (nSPS) is 15.1. The van der Waals surface area contributed by atoms with E-state index in [2.05, 4.69) is 12.6 Å². The molecular weight excluding hydrogens is 222 g/mol. The molecule has 1 aromatic rings. The van der Waals surface area contributed by atoms with Crippen LogP contribution in [-0.4, -0.2) is 22.1 Å². The Kier molecular flexibility index (Phi) is 4.07. The number of aliphatic hydroxyl groups is 2. The molecule has 2 atom stereocenters. The molecule has 0 bridgehead atoms. The molecule has 0 aliphatic rings. The Hall–Kier alpha value is -0.420. The number of thiol groups is 1. The van der Waals surface area contributed by atoms with E-state index in [0.717, 1.165) is 0 Å². The van der Waals surface area contributed by atoms with Crippen LogP contribution in [0.15, 0.2) is 18.2 Å². The van der Waals surface area contributed by atoms with E-state index in [4.69, 9.17) is 17.3 Å². The molecule has 2 unspecified atom stereocenters. The van der Waals surface area contributed by atoms with Crippen LogP contribution >= 0.6 is 24.2 Å². The quantitative estimate of drug-likeness (QED) is 0.469. The fraction of sp³-hybridized carbons (Fsp3) is 0.333. The molecule has 78 valence electrons. The summed E-state index contributed by atoms with van der Waals surface area (Å²) in [5.41, 5.74) is 6.47. The molecule has 1 rings (SSSR count). The number of nitrogen functional groups attached to an aromatic ring is 1. The van der Waals surface area contributed by atoms with E-state index in [-0.39, 0.29) is 5.75 Å². The Morgan fingerprint density at radius 1 is 1.43 bits per heavy atom. The molecule has 0 saturated heterocycles. The van der Waals surface area contributed by atoms with Crippen LogP contribution in [0.2, 0.25) is 5.02 Å². The van der Waals surface area contributed by atoms with Crippen molar-refractivity contribution in [1.29, 1.82) is 0 Å². The average Bonchev–Trinajstić information content (AvgIpc) is 2.15. The summed E-state index contributed by atoms with van der Waals surface area (Å²) >= 11 is 9.58. The molecule has 1 aromatic carbocycles. The van der Waals surface area contributed by atoms with Gasteiger partial charge in [0.25, 0.3) is 0 Å². The molecule has 14 heavy (non-hydrogen) atoms. The zero-order chi connectivity index (χ0) is 10.7. The van der Waals surface area contributed by atoms with Gasteiger partial charge in [-0.2, -0.15) is 12.6 Å². The van der Waals surface area contributed by atoms with E-state index < -0.39 is 12.2 Å². The van der Waals surface area contributed by atoms with Crippen molar-refractivity contribution in [2.75, 3.05) is 11.5 Å². The van der Waals surface area contributed by atoms with Crippen LogP contribution in [0.3, 0.4) is 0 Å². The van der Waals surface area contributed by atoms with Crippen molar-refractivity contribution in [3.63, 3.8) is 0 Å². The molecular formula is C9H12ClNO2S. The van der Waals surface area contributed by atoms with Crippen LogP contribution in [0.25, 0.3) is 0 Å². The summed E-state index contributed by atoms with van der Waals surface area (Å²) in [6, 6.07) is 4.74. The van der Waals surface area contributed by atoms with Gasteiger partial charge in [0.1, 0.15) is 6.10 Å². The van der Waals surface area contributed by atoms with Crippen molar-refractivity contribution in [1.82, 2.24) is 0 Å². The van der Waals surface area contributed by atoms with E-state index in [0.29, 0.717) is 16.3 Å². The zero-order valence-corrected chi connectivity index (χ0v) is 9.04. The van der Waals surface area contributed by atoms with Crippen LogP contribution in [0.1, 0.15) is 11.7 Å². The van der Waals surface area contributed by atoms with Crippen molar-refractivity contribution in [3.05, 3.63) is 28.8 Å². The van der Waals surface area contributed by atoms with E-state index in [1.807, 2.05) is 0 Å². The highest BCUT2D eigenvalue weighted by atomic mass is 35.5. The van der Waals surface area contributed by atoms with Crippen molar-refractivity contribution >= 4 is 29.9 Å². The number of anilines is 1. The standard InChI is InChI=1S/C9H12ClNO2S/c10-5-1-2-6(7(11)3-5)9(13)8(12)4-14/h1-3,8-9,12-14H,4,11H2. The number of hydrogen-bond donors (Lipinski definition) is 4. The summed E-state index contributed by atoms with van der Waals surface area (Å²) in [6.07, 6.45) is -1.95. The third kappa shape index (κ3) is 2.54. The largest absolute Gasteiger partial charge is 0.398 e. The fourth-order valence-electron chi connectivity index (χ4n) is 1.12. The molecule has 0 fully saturated rings. The zero-order valence-electron chi connectivity index (χ0n) is 7.39.